The summed E-state index contributed by atoms with van der Waals surface area (Å²) in [4.78, 5) is 23.8. The molecule has 1 aliphatic heterocycles. The van der Waals surface area contributed by atoms with Crippen molar-refractivity contribution in [1.29, 1.82) is 0 Å². The number of fused-ring (bicyclic) bond motifs is 2. The third kappa shape index (κ3) is 2.83. The molecule has 0 amide bonds. The van der Waals surface area contributed by atoms with E-state index in [4.69, 9.17) is 15.9 Å². The highest BCUT2D eigenvalue weighted by atomic mass is 19.1. The van der Waals surface area contributed by atoms with Gasteiger partial charge in [-0.15, -0.1) is 0 Å². The van der Waals surface area contributed by atoms with E-state index in [-0.39, 0.29) is 51.2 Å². The zero-order chi connectivity index (χ0) is 21.7. The van der Waals surface area contributed by atoms with Crippen LogP contribution in [0.4, 0.5) is 14.5 Å². The van der Waals surface area contributed by atoms with Gasteiger partial charge in [-0.05, 0) is 23.3 Å². The molecule has 30 heavy (non-hydrogen) atoms. The second kappa shape index (κ2) is 6.82. The number of anilines is 1. The average Bonchev–Trinajstić information content (AvgIpc) is 2.68. The van der Waals surface area contributed by atoms with Crippen LogP contribution in [0, 0.1) is 11.6 Å². The number of carbonyl (C=O) groups is 1. The number of hydrogen-bond acceptors (Lipinski definition) is 6. The molecule has 2 aromatic carbocycles. The molecular formula is C21H14F2N2O5. The van der Waals surface area contributed by atoms with Crippen LogP contribution in [0.2, 0.25) is 0 Å². The van der Waals surface area contributed by atoms with Gasteiger partial charge in [-0.1, -0.05) is 12.1 Å². The Bertz CT molecular complexity index is 1380. The maximum Gasteiger partial charge on any atom is 0.338 e. The van der Waals surface area contributed by atoms with Gasteiger partial charge in [0.05, 0.1) is 11.3 Å². The minimum absolute atomic E-state index is 0.0192. The summed E-state index contributed by atoms with van der Waals surface area (Å²) in [6.07, 6.45) is 0. The Hall–Kier alpha value is -3.98. The number of aromatic hydroxyl groups is 1. The van der Waals surface area contributed by atoms with Gasteiger partial charge in [0.1, 0.15) is 11.3 Å². The smallest absolute Gasteiger partial charge is 0.338 e. The quantitative estimate of drug-likeness (QED) is 0.299. The summed E-state index contributed by atoms with van der Waals surface area (Å²) in [7, 11) is 0. The summed E-state index contributed by atoms with van der Waals surface area (Å²) in [6.45, 7) is -0.0192. The van der Waals surface area contributed by atoms with Gasteiger partial charge in [0.2, 0.25) is 5.43 Å². The molecule has 2 aliphatic rings. The molecule has 2 aromatic rings. The molecule has 6 N–H and O–H groups in total. The first-order valence-electron chi connectivity index (χ1n) is 8.66. The van der Waals surface area contributed by atoms with Gasteiger partial charge in [-0.2, -0.15) is 0 Å². The first-order chi connectivity index (χ1) is 14.2. The summed E-state index contributed by atoms with van der Waals surface area (Å²) < 4.78 is 33.9. The van der Waals surface area contributed by atoms with Crippen LogP contribution >= 0.6 is 0 Å². The number of rotatable bonds is 3. The first-order valence-corrected chi connectivity index (χ1v) is 8.66. The van der Waals surface area contributed by atoms with E-state index in [1.807, 2.05) is 0 Å². The highest BCUT2D eigenvalue weighted by Gasteiger charge is 2.26. The van der Waals surface area contributed by atoms with E-state index in [1.165, 1.54) is 12.1 Å². The molecule has 1 aliphatic carbocycles. The highest BCUT2D eigenvalue weighted by Crippen LogP contribution is 2.44. The lowest BCUT2D eigenvalue weighted by Gasteiger charge is -2.19. The fourth-order valence-corrected chi connectivity index (χ4v) is 3.47. The van der Waals surface area contributed by atoms with Crippen molar-refractivity contribution in [3.8, 4) is 28.2 Å². The average molecular weight is 412 g/mol. The second-order valence-electron chi connectivity index (χ2n) is 6.63. The van der Waals surface area contributed by atoms with E-state index in [1.54, 1.807) is 0 Å². The van der Waals surface area contributed by atoms with Crippen LogP contribution in [0.5, 0.6) is 5.75 Å². The van der Waals surface area contributed by atoms with E-state index >= 15 is 0 Å². The minimum atomic E-state index is -1.37. The van der Waals surface area contributed by atoms with Crippen molar-refractivity contribution < 1.29 is 28.2 Å². The maximum absolute atomic E-state index is 14.2. The number of benzene rings is 3. The van der Waals surface area contributed by atoms with Gasteiger partial charge in [0, 0.05) is 35.2 Å². The molecule has 0 saturated carbocycles. The van der Waals surface area contributed by atoms with Crippen LogP contribution < -0.4 is 16.9 Å². The SMILES string of the molecule is NCc1ccc(-c2c3cc(F)c(=O)cc-3oc3cc(O)c(F)cc23)c(C(=O)O)c1N. The Morgan fingerprint density at radius 3 is 2.47 bits per heavy atom. The normalized spacial score (nSPS) is 11.3. The van der Waals surface area contributed by atoms with Gasteiger partial charge >= 0.3 is 5.97 Å². The molecule has 7 nitrogen and oxygen atoms in total. The largest absolute Gasteiger partial charge is 0.505 e. The van der Waals surface area contributed by atoms with E-state index < -0.39 is 28.8 Å². The summed E-state index contributed by atoms with van der Waals surface area (Å²) in [5.74, 6) is -4.26. The third-order valence-electron chi connectivity index (χ3n) is 4.88. The molecule has 4 rings (SSSR count). The summed E-state index contributed by atoms with van der Waals surface area (Å²) >= 11 is 0. The third-order valence-corrected chi connectivity index (χ3v) is 4.88. The van der Waals surface area contributed by atoms with Crippen LogP contribution in [0.1, 0.15) is 15.9 Å². The van der Waals surface area contributed by atoms with Crippen LogP contribution in [0.15, 0.2) is 45.6 Å². The molecule has 0 atom stereocenters. The van der Waals surface area contributed by atoms with E-state index in [2.05, 4.69) is 0 Å². The van der Waals surface area contributed by atoms with Gasteiger partial charge in [-0.3, -0.25) is 4.79 Å². The molecule has 0 aromatic heterocycles. The Morgan fingerprint density at radius 2 is 1.80 bits per heavy atom. The van der Waals surface area contributed by atoms with Gasteiger partial charge in [0.25, 0.3) is 0 Å². The molecule has 0 fully saturated rings. The van der Waals surface area contributed by atoms with Crippen LogP contribution in [-0.2, 0) is 6.54 Å². The molecule has 0 unspecified atom stereocenters. The van der Waals surface area contributed by atoms with Crippen molar-refractivity contribution in [2.75, 3.05) is 5.73 Å². The van der Waals surface area contributed by atoms with Crippen molar-refractivity contribution in [2.24, 2.45) is 5.73 Å². The van der Waals surface area contributed by atoms with E-state index in [9.17, 15) is 28.6 Å². The topological polar surface area (TPSA) is 140 Å². The molecular weight excluding hydrogens is 398 g/mol. The predicted molar refractivity (Wildman–Crippen MR) is 105 cm³/mol. The summed E-state index contributed by atoms with van der Waals surface area (Å²) in [5.41, 5.74) is 10.8. The Labute approximate surface area is 167 Å². The number of carboxylic acid groups (broad SMARTS) is 1. The molecule has 0 radical (unpaired) electrons. The molecule has 1 heterocycles. The summed E-state index contributed by atoms with van der Waals surface area (Å²) in [5, 5.41) is 19.6. The Morgan fingerprint density at radius 1 is 1.07 bits per heavy atom. The molecule has 9 heteroatoms. The highest BCUT2D eigenvalue weighted by molar-refractivity contribution is 6.10. The van der Waals surface area contributed by atoms with Crippen LogP contribution in [0.25, 0.3) is 33.4 Å². The monoisotopic (exact) mass is 412 g/mol. The molecule has 0 bridgehead atoms. The lowest BCUT2D eigenvalue weighted by molar-refractivity contribution is 0.0699. The number of hydrogen-bond donors (Lipinski definition) is 4. The predicted octanol–water partition coefficient (Wildman–Crippen LogP) is 3.29. The number of phenols is 1. The van der Waals surface area contributed by atoms with Crippen molar-refractivity contribution >= 4 is 22.6 Å². The lowest BCUT2D eigenvalue weighted by Crippen LogP contribution is -2.11. The zero-order valence-electron chi connectivity index (χ0n) is 15.2. The van der Waals surface area contributed by atoms with Crippen LogP contribution in [0.3, 0.4) is 0 Å². The molecule has 152 valence electrons. The zero-order valence-corrected chi connectivity index (χ0v) is 15.2. The fraction of sp³-hybridized carbons (Fsp3) is 0.0476. The van der Waals surface area contributed by atoms with E-state index in [0.29, 0.717) is 5.56 Å². The van der Waals surface area contributed by atoms with Crippen LogP contribution in [-0.4, -0.2) is 16.2 Å². The fourth-order valence-electron chi connectivity index (χ4n) is 3.47. The van der Waals surface area contributed by atoms with Crippen molar-refractivity contribution in [1.82, 2.24) is 0 Å². The Kier molecular flexibility index (Phi) is 4.39. The van der Waals surface area contributed by atoms with Crippen molar-refractivity contribution in [2.45, 2.75) is 6.54 Å². The number of nitrogen functional groups attached to an aromatic ring is 1. The minimum Gasteiger partial charge on any atom is -0.505 e. The number of phenolic OH excluding ortho intramolecular Hbond substituents is 1. The first kappa shape index (κ1) is 19.3. The summed E-state index contributed by atoms with van der Waals surface area (Å²) in [6, 6.07) is 6.63. The number of nitrogens with two attached hydrogens (primary N) is 2. The second-order valence-corrected chi connectivity index (χ2v) is 6.63. The molecule has 0 spiro atoms. The van der Waals surface area contributed by atoms with Gasteiger partial charge in [0.15, 0.2) is 17.4 Å². The Balaban J connectivity index is 2.26. The van der Waals surface area contributed by atoms with Gasteiger partial charge < -0.3 is 26.1 Å². The standard InChI is InChI=1S/C21H14F2N2O5/c22-12-3-10-16(5-14(12)26)30-17-6-15(27)13(23)4-11(17)18(10)9-2-1-8(7-24)20(25)19(9)21(28)29/h1-6,26H,7,24-25H2,(H,28,29). The lowest BCUT2D eigenvalue weighted by atomic mass is 9.88. The van der Waals surface area contributed by atoms with Gasteiger partial charge in [-0.25, -0.2) is 13.6 Å². The van der Waals surface area contributed by atoms with Crippen molar-refractivity contribution in [3.63, 3.8) is 0 Å². The number of halogens is 2. The maximum atomic E-state index is 14.2. The number of aromatic carboxylic acids is 1. The van der Waals surface area contributed by atoms with E-state index in [0.717, 1.165) is 24.3 Å². The number of carboxylic acids is 1. The molecule has 0 saturated heterocycles. The van der Waals surface area contributed by atoms with Crippen molar-refractivity contribution in [3.05, 3.63) is 69.4 Å².